The predicted octanol–water partition coefficient (Wildman–Crippen LogP) is 2.02. The lowest BCUT2D eigenvalue weighted by Gasteiger charge is -2.34. The lowest BCUT2D eigenvalue weighted by Crippen LogP contribution is -2.44. The number of nitro benzene ring substituents is 1. The molecule has 1 N–H and O–H groups in total. The van der Waals surface area contributed by atoms with Gasteiger partial charge < -0.3 is 15.1 Å². The maximum absolute atomic E-state index is 11.7. The molecule has 0 unspecified atom stereocenters. The molecule has 10 nitrogen and oxygen atoms in total. The molecule has 1 aliphatic rings. The molecule has 2 aromatic heterocycles. The Balaban J connectivity index is 1.83. The second-order valence-electron chi connectivity index (χ2n) is 6.14. The van der Waals surface area contributed by atoms with Gasteiger partial charge >= 0.3 is 5.69 Å². The SMILES string of the molecule is CN1CCN(c2cc(Nc3ccccn3)c([N+](=O)[O-])c3nonc23)CC1. The average molecular weight is 355 g/mol. The van der Waals surface area contributed by atoms with Crippen LogP contribution in [0.2, 0.25) is 0 Å². The van der Waals surface area contributed by atoms with Crippen molar-refractivity contribution < 1.29 is 9.55 Å². The average Bonchev–Trinajstić information content (AvgIpc) is 3.11. The van der Waals surface area contributed by atoms with E-state index in [9.17, 15) is 10.1 Å². The molecule has 0 aliphatic carbocycles. The molecule has 26 heavy (non-hydrogen) atoms. The number of hydrogen-bond donors (Lipinski definition) is 1. The normalized spacial score (nSPS) is 15.3. The van der Waals surface area contributed by atoms with Crippen molar-refractivity contribution in [3.63, 3.8) is 0 Å². The van der Waals surface area contributed by atoms with Gasteiger partial charge in [0, 0.05) is 32.4 Å². The summed E-state index contributed by atoms with van der Waals surface area (Å²) in [6.45, 7) is 3.37. The third kappa shape index (κ3) is 2.90. The van der Waals surface area contributed by atoms with Crippen LogP contribution in [-0.2, 0) is 0 Å². The molecule has 1 aliphatic heterocycles. The summed E-state index contributed by atoms with van der Waals surface area (Å²) in [7, 11) is 2.06. The maximum Gasteiger partial charge on any atom is 0.324 e. The number of hydrogen-bond acceptors (Lipinski definition) is 9. The molecular formula is C16H17N7O3. The van der Waals surface area contributed by atoms with Crippen molar-refractivity contribution >= 4 is 33.9 Å². The Labute approximate surface area is 148 Å². The Morgan fingerprint density at radius 1 is 1.19 bits per heavy atom. The minimum atomic E-state index is -0.481. The van der Waals surface area contributed by atoms with E-state index >= 15 is 0 Å². The zero-order chi connectivity index (χ0) is 18.1. The molecule has 0 spiro atoms. The molecule has 0 radical (unpaired) electrons. The van der Waals surface area contributed by atoms with E-state index in [1.54, 1.807) is 30.5 Å². The van der Waals surface area contributed by atoms with Gasteiger partial charge in [-0.1, -0.05) is 6.07 Å². The fourth-order valence-electron chi connectivity index (χ4n) is 3.06. The first-order chi connectivity index (χ1) is 12.6. The van der Waals surface area contributed by atoms with Crippen molar-refractivity contribution in [2.24, 2.45) is 0 Å². The predicted molar refractivity (Wildman–Crippen MR) is 95.7 cm³/mol. The molecule has 0 amide bonds. The van der Waals surface area contributed by atoms with Crippen molar-refractivity contribution in [3.05, 3.63) is 40.6 Å². The summed E-state index contributed by atoms with van der Waals surface area (Å²) in [6.07, 6.45) is 1.62. The molecular weight excluding hydrogens is 338 g/mol. The smallest absolute Gasteiger partial charge is 0.324 e. The number of rotatable bonds is 4. The Kier molecular flexibility index (Phi) is 4.09. The number of aromatic nitrogens is 3. The molecule has 3 aromatic rings. The van der Waals surface area contributed by atoms with Crippen LogP contribution in [0.25, 0.3) is 11.0 Å². The van der Waals surface area contributed by atoms with Crippen LogP contribution in [0.1, 0.15) is 0 Å². The van der Waals surface area contributed by atoms with Crippen molar-refractivity contribution in [2.45, 2.75) is 0 Å². The Morgan fingerprint density at radius 3 is 2.65 bits per heavy atom. The summed E-state index contributed by atoms with van der Waals surface area (Å²) in [5.41, 5.74) is 1.42. The minimum Gasteiger partial charge on any atom is -0.367 e. The third-order valence-corrected chi connectivity index (χ3v) is 4.45. The molecule has 0 saturated carbocycles. The molecule has 1 aromatic carbocycles. The number of fused-ring (bicyclic) bond motifs is 1. The standard InChI is InChI=1S/C16H17N7O3/c1-21-6-8-22(9-7-21)12-10-11(18-13-4-2-3-5-17-13)16(23(24)25)15-14(12)19-26-20-15/h2-5,10H,6-9H2,1H3,(H,17,18). The first-order valence-corrected chi connectivity index (χ1v) is 8.18. The second-order valence-corrected chi connectivity index (χ2v) is 6.14. The lowest BCUT2D eigenvalue weighted by atomic mass is 10.1. The van der Waals surface area contributed by atoms with Crippen LogP contribution in [0.4, 0.5) is 22.9 Å². The number of pyridine rings is 1. The van der Waals surface area contributed by atoms with Gasteiger partial charge in [-0.05, 0) is 35.6 Å². The van der Waals surface area contributed by atoms with Gasteiger partial charge in [0.05, 0.1) is 10.6 Å². The summed E-state index contributed by atoms with van der Waals surface area (Å²) < 4.78 is 4.83. The molecule has 0 atom stereocenters. The van der Waals surface area contributed by atoms with Crippen LogP contribution in [0, 0.1) is 10.1 Å². The van der Waals surface area contributed by atoms with Crippen LogP contribution in [-0.4, -0.2) is 58.3 Å². The van der Waals surface area contributed by atoms with Gasteiger partial charge in [0.1, 0.15) is 11.5 Å². The van der Waals surface area contributed by atoms with E-state index in [4.69, 9.17) is 4.63 Å². The van der Waals surface area contributed by atoms with E-state index in [0.717, 1.165) is 31.9 Å². The molecule has 1 saturated heterocycles. The number of piperazine rings is 1. The van der Waals surface area contributed by atoms with Crippen LogP contribution in [0.3, 0.4) is 0 Å². The summed E-state index contributed by atoms with van der Waals surface area (Å²) in [5, 5.41) is 22.4. The quantitative estimate of drug-likeness (QED) is 0.554. The zero-order valence-corrected chi connectivity index (χ0v) is 14.1. The van der Waals surface area contributed by atoms with Crippen LogP contribution in [0.15, 0.2) is 35.1 Å². The van der Waals surface area contributed by atoms with E-state index in [-0.39, 0.29) is 11.2 Å². The number of nitrogens with one attached hydrogen (secondary N) is 1. The van der Waals surface area contributed by atoms with E-state index in [1.807, 2.05) is 0 Å². The summed E-state index contributed by atoms with van der Waals surface area (Å²) in [4.78, 5) is 19.7. The minimum absolute atomic E-state index is 0.129. The van der Waals surface area contributed by atoms with Crippen molar-refractivity contribution in [2.75, 3.05) is 43.4 Å². The molecule has 3 heterocycles. The van der Waals surface area contributed by atoms with Gasteiger partial charge in [0.25, 0.3) is 0 Å². The van der Waals surface area contributed by atoms with Crippen molar-refractivity contribution in [1.82, 2.24) is 20.2 Å². The Morgan fingerprint density at radius 2 is 1.96 bits per heavy atom. The second kappa shape index (κ2) is 6.56. The van der Waals surface area contributed by atoms with Gasteiger partial charge in [0.15, 0.2) is 5.52 Å². The first kappa shape index (κ1) is 16.2. The Hall–Kier alpha value is -3.27. The molecule has 10 heteroatoms. The van der Waals surface area contributed by atoms with E-state index in [1.165, 1.54) is 0 Å². The fourth-order valence-corrected chi connectivity index (χ4v) is 3.06. The van der Waals surface area contributed by atoms with E-state index < -0.39 is 4.92 Å². The van der Waals surface area contributed by atoms with Crippen LogP contribution in [0.5, 0.6) is 0 Å². The van der Waals surface area contributed by atoms with Gasteiger partial charge in [-0.2, -0.15) is 0 Å². The van der Waals surface area contributed by atoms with Crippen molar-refractivity contribution in [3.8, 4) is 0 Å². The number of nitro groups is 1. The van der Waals surface area contributed by atoms with E-state index in [0.29, 0.717) is 17.0 Å². The molecule has 4 rings (SSSR count). The maximum atomic E-state index is 11.7. The number of anilines is 3. The van der Waals surface area contributed by atoms with E-state index in [2.05, 4.69) is 37.5 Å². The Bertz CT molecular complexity index is 936. The number of nitrogens with zero attached hydrogens (tertiary/aromatic N) is 6. The third-order valence-electron chi connectivity index (χ3n) is 4.45. The molecule has 134 valence electrons. The topological polar surface area (TPSA) is 113 Å². The summed E-state index contributed by atoms with van der Waals surface area (Å²) in [5.74, 6) is 0.510. The number of benzene rings is 1. The van der Waals surface area contributed by atoms with Gasteiger partial charge in [-0.25, -0.2) is 9.61 Å². The van der Waals surface area contributed by atoms with Gasteiger partial charge in [0.2, 0.25) is 5.52 Å². The van der Waals surface area contributed by atoms with Gasteiger partial charge in [-0.3, -0.25) is 10.1 Å². The highest BCUT2D eigenvalue weighted by Gasteiger charge is 2.29. The largest absolute Gasteiger partial charge is 0.367 e. The summed E-state index contributed by atoms with van der Waals surface area (Å²) >= 11 is 0. The highest BCUT2D eigenvalue weighted by atomic mass is 16.6. The molecule has 1 fully saturated rings. The van der Waals surface area contributed by atoms with Gasteiger partial charge in [-0.15, -0.1) is 0 Å². The monoisotopic (exact) mass is 355 g/mol. The van der Waals surface area contributed by atoms with Crippen LogP contribution < -0.4 is 10.2 Å². The fraction of sp³-hybridized carbons (Fsp3) is 0.312. The molecule has 0 bridgehead atoms. The zero-order valence-electron chi connectivity index (χ0n) is 14.1. The summed E-state index contributed by atoms with van der Waals surface area (Å²) in [6, 6.07) is 7.05. The van der Waals surface area contributed by atoms with Crippen molar-refractivity contribution in [1.29, 1.82) is 0 Å². The highest BCUT2D eigenvalue weighted by molar-refractivity contribution is 6.00. The first-order valence-electron chi connectivity index (χ1n) is 8.18. The lowest BCUT2D eigenvalue weighted by molar-refractivity contribution is -0.382. The number of likely N-dealkylation sites (N-methyl/N-ethyl adjacent to an activating group) is 1. The van der Waals surface area contributed by atoms with Crippen LogP contribution >= 0.6 is 0 Å². The highest BCUT2D eigenvalue weighted by Crippen LogP contribution is 2.39.